The quantitative estimate of drug-likeness (QED) is 0.714. The van der Waals surface area contributed by atoms with Gasteiger partial charge in [-0.1, -0.05) is 17.3 Å². The second-order valence-electron chi connectivity index (χ2n) is 4.02. The Morgan fingerprint density at radius 2 is 1.74 bits per heavy atom. The van der Waals surface area contributed by atoms with Crippen LogP contribution in [0.3, 0.4) is 0 Å². The van der Waals surface area contributed by atoms with E-state index in [0.29, 0.717) is 28.5 Å². The summed E-state index contributed by atoms with van der Waals surface area (Å²) in [7, 11) is 0. The minimum Gasteiger partial charge on any atom is -0.398 e. The highest BCUT2D eigenvalue weighted by atomic mass is 19.1. The lowest BCUT2D eigenvalue weighted by molar-refractivity contribution is 0.432. The smallest absolute Gasteiger partial charge is 0.260 e. The third-order valence-electron chi connectivity index (χ3n) is 2.72. The number of nitrogen functional groups attached to an aromatic ring is 1. The van der Waals surface area contributed by atoms with E-state index in [4.69, 9.17) is 10.3 Å². The normalized spacial score (nSPS) is 10.6. The standard InChI is InChI=1S/C14H10FN3O/c15-10-7-5-9(6-8-10)13-17-14(19-18-13)11-3-1-2-4-12(11)16/h1-8H,16H2. The van der Waals surface area contributed by atoms with Gasteiger partial charge in [-0.05, 0) is 36.4 Å². The van der Waals surface area contributed by atoms with Crippen LogP contribution in [0.4, 0.5) is 10.1 Å². The molecule has 0 saturated heterocycles. The van der Waals surface area contributed by atoms with Gasteiger partial charge in [-0.15, -0.1) is 0 Å². The Hall–Kier alpha value is -2.69. The zero-order valence-electron chi connectivity index (χ0n) is 9.88. The average Bonchev–Trinajstić information content (AvgIpc) is 2.89. The first-order valence-corrected chi connectivity index (χ1v) is 5.68. The van der Waals surface area contributed by atoms with Crippen molar-refractivity contribution in [1.82, 2.24) is 10.1 Å². The molecule has 5 heteroatoms. The number of halogens is 1. The number of para-hydroxylation sites is 1. The summed E-state index contributed by atoms with van der Waals surface area (Å²) in [6.45, 7) is 0. The van der Waals surface area contributed by atoms with Crippen molar-refractivity contribution >= 4 is 5.69 Å². The van der Waals surface area contributed by atoms with Crippen molar-refractivity contribution in [2.75, 3.05) is 5.73 Å². The fraction of sp³-hybridized carbons (Fsp3) is 0. The number of benzene rings is 2. The van der Waals surface area contributed by atoms with E-state index in [1.807, 2.05) is 12.1 Å². The zero-order chi connectivity index (χ0) is 13.2. The Bertz CT molecular complexity index is 707. The number of nitrogens with zero attached hydrogens (tertiary/aromatic N) is 2. The van der Waals surface area contributed by atoms with Gasteiger partial charge in [0.1, 0.15) is 5.82 Å². The molecule has 0 spiro atoms. The molecular formula is C14H10FN3O. The highest BCUT2D eigenvalue weighted by Gasteiger charge is 2.12. The van der Waals surface area contributed by atoms with Crippen molar-refractivity contribution in [2.45, 2.75) is 0 Å². The van der Waals surface area contributed by atoms with Crippen molar-refractivity contribution in [2.24, 2.45) is 0 Å². The highest BCUT2D eigenvalue weighted by Crippen LogP contribution is 2.26. The third-order valence-corrected chi connectivity index (χ3v) is 2.72. The lowest BCUT2D eigenvalue weighted by atomic mass is 10.2. The molecule has 1 aromatic heterocycles. The zero-order valence-corrected chi connectivity index (χ0v) is 9.88. The van der Waals surface area contributed by atoms with E-state index >= 15 is 0 Å². The number of anilines is 1. The predicted octanol–water partition coefficient (Wildman–Crippen LogP) is 3.12. The Morgan fingerprint density at radius 3 is 2.47 bits per heavy atom. The first-order valence-electron chi connectivity index (χ1n) is 5.68. The van der Waals surface area contributed by atoms with Crippen LogP contribution in [0.15, 0.2) is 53.1 Å². The molecule has 2 N–H and O–H groups in total. The third kappa shape index (κ3) is 2.18. The molecule has 19 heavy (non-hydrogen) atoms. The number of hydrogen-bond acceptors (Lipinski definition) is 4. The number of aromatic nitrogens is 2. The van der Waals surface area contributed by atoms with Crippen LogP contribution in [-0.2, 0) is 0 Å². The second kappa shape index (κ2) is 4.53. The van der Waals surface area contributed by atoms with Crippen LogP contribution in [-0.4, -0.2) is 10.1 Å². The van der Waals surface area contributed by atoms with Crippen LogP contribution < -0.4 is 5.73 Å². The van der Waals surface area contributed by atoms with Crippen molar-refractivity contribution in [3.8, 4) is 22.8 Å². The van der Waals surface area contributed by atoms with Gasteiger partial charge in [-0.2, -0.15) is 4.98 Å². The van der Waals surface area contributed by atoms with Crippen LogP contribution in [0.2, 0.25) is 0 Å². The molecular weight excluding hydrogens is 245 g/mol. The molecule has 0 atom stereocenters. The van der Waals surface area contributed by atoms with Gasteiger partial charge in [-0.3, -0.25) is 0 Å². The Morgan fingerprint density at radius 1 is 1.00 bits per heavy atom. The molecule has 0 bridgehead atoms. The van der Waals surface area contributed by atoms with Crippen LogP contribution in [0.25, 0.3) is 22.8 Å². The molecule has 4 nitrogen and oxygen atoms in total. The maximum atomic E-state index is 12.8. The van der Waals surface area contributed by atoms with Crippen molar-refractivity contribution in [1.29, 1.82) is 0 Å². The lowest BCUT2D eigenvalue weighted by Gasteiger charge is -1.97. The van der Waals surface area contributed by atoms with Crippen LogP contribution in [0.1, 0.15) is 0 Å². The first kappa shape index (κ1) is 11.4. The Kier molecular flexibility index (Phi) is 2.72. The van der Waals surface area contributed by atoms with Crippen molar-refractivity contribution in [3.05, 3.63) is 54.3 Å². The molecule has 0 amide bonds. The van der Waals surface area contributed by atoms with E-state index in [1.54, 1.807) is 24.3 Å². The Balaban J connectivity index is 2.00. The topological polar surface area (TPSA) is 64.9 Å². The summed E-state index contributed by atoms with van der Waals surface area (Å²) in [5.74, 6) is 0.440. The molecule has 0 unspecified atom stereocenters. The van der Waals surface area contributed by atoms with Gasteiger partial charge < -0.3 is 10.3 Å². The molecule has 0 radical (unpaired) electrons. The van der Waals surface area contributed by atoms with E-state index in [9.17, 15) is 4.39 Å². The van der Waals surface area contributed by atoms with Crippen LogP contribution in [0.5, 0.6) is 0 Å². The van der Waals surface area contributed by atoms with Gasteiger partial charge in [0.05, 0.1) is 5.56 Å². The molecule has 3 aromatic rings. The van der Waals surface area contributed by atoms with E-state index in [1.165, 1.54) is 12.1 Å². The monoisotopic (exact) mass is 255 g/mol. The molecule has 1 heterocycles. The summed E-state index contributed by atoms with van der Waals surface area (Å²) in [4.78, 5) is 4.26. The average molecular weight is 255 g/mol. The largest absolute Gasteiger partial charge is 0.398 e. The maximum absolute atomic E-state index is 12.8. The summed E-state index contributed by atoms with van der Waals surface area (Å²) in [6.07, 6.45) is 0. The summed E-state index contributed by atoms with van der Waals surface area (Å²) in [5.41, 5.74) is 7.78. The lowest BCUT2D eigenvalue weighted by Crippen LogP contribution is -1.89. The number of rotatable bonds is 2. The summed E-state index contributed by atoms with van der Waals surface area (Å²) in [5, 5.41) is 3.87. The fourth-order valence-electron chi connectivity index (χ4n) is 1.74. The maximum Gasteiger partial charge on any atom is 0.260 e. The molecule has 2 aromatic carbocycles. The first-order chi connectivity index (χ1) is 9.24. The van der Waals surface area contributed by atoms with E-state index in [0.717, 1.165) is 0 Å². The van der Waals surface area contributed by atoms with Crippen molar-refractivity contribution in [3.63, 3.8) is 0 Å². The summed E-state index contributed by atoms with van der Waals surface area (Å²) >= 11 is 0. The fourth-order valence-corrected chi connectivity index (χ4v) is 1.74. The molecule has 0 aliphatic carbocycles. The SMILES string of the molecule is Nc1ccccc1-c1nc(-c2ccc(F)cc2)no1. The Labute approximate surface area is 108 Å². The molecule has 94 valence electrons. The molecule has 0 fully saturated rings. The number of hydrogen-bond donors (Lipinski definition) is 1. The van der Waals surface area contributed by atoms with E-state index in [-0.39, 0.29) is 5.82 Å². The molecule has 3 rings (SSSR count). The van der Waals surface area contributed by atoms with Crippen LogP contribution in [0, 0.1) is 5.82 Å². The van der Waals surface area contributed by atoms with Gasteiger partial charge in [-0.25, -0.2) is 4.39 Å². The molecule has 0 saturated carbocycles. The van der Waals surface area contributed by atoms with Crippen molar-refractivity contribution < 1.29 is 8.91 Å². The minimum atomic E-state index is -0.306. The molecule has 0 aliphatic rings. The predicted molar refractivity (Wildman–Crippen MR) is 69.5 cm³/mol. The van der Waals surface area contributed by atoms with Gasteiger partial charge >= 0.3 is 0 Å². The van der Waals surface area contributed by atoms with Gasteiger partial charge in [0, 0.05) is 11.3 Å². The second-order valence-corrected chi connectivity index (χ2v) is 4.02. The minimum absolute atomic E-state index is 0.306. The van der Waals surface area contributed by atoms with E-state index < -0.39 is 0 Å². The van der Waals surface area contributed by atoms with Gasteiger partial charge in [0.15, 0.2) is 0 Å². The van der Waals surface area contributed by atoms with E-state index in [2.05, 4.69) is 10.1 Å². The van der Waals surface area contributed by atoms with Crippen LogP contribution >= 0.6 is 0 Å². The molecule has 0 aliphatic heterocycles. The summed E-state index contributed by atoms with van der Waals surface area (Å²) in [6, 6.07) is 13.1. The highest BCUT2D eigenvalue weighted by molar-refractivity contribution is 5.71. The number of nitrogens with two attached hydrogens (primary N) is 1. The van der Waals surface area contributed by atoms with Gasteiger partial charge in [0.2, 0.25) is 5.82 Å². The van der Waals surface area contributed by atoms with Gasteiger partial charge in [0.25, 0.3) is 5.89 Å². The summed E-state index contributed by atoms with van der Waals surface area (Å²) < 4.78 is 18.0.